The first-order chi connectivity index (χ1) is 15.8. The van der Waals surface area contributed by atoms with Gasteiger partial charge in [0.25, 0.3) is 5.91 Å². The first-order valence-electron chi connectivity index (χ1n) is 10.3. The van der Waals surface area contributed by atoms with Gasteiger partial charge in [-0.15, -0.1) is 0 Å². The van der Waals surface area contributed by atoms with Crippen LogP contribution in [0.2, 0.25) is 0 Å². The lowest BCUT2D eigenvalue weighted by molar-refractivity contribution is -0.191. The van der Waals surface area contributed by atoms with Gasteiger partial charge in [-0.2, -0.15) is 13.9 Å². The van der Waals surface area contributed by atoms with Gasteiger partial charge in [0.15, 0.2) is 6.61 Å². The van der Waals surface area contributed by atoms with Crippen LogP contribution in [0, 0.1) is 6.92 Å². The van der Waals surface area contributed by atoms with Crippen molar-refractivity contribution in [2.24, 2.45) is 0 Å². The molecule has 33 heavy (non-hydrogen) atoms. The van der Waals surface area contributed by atoms with E-state index in [2.05, 4.69) is 0 Å². The maximum absolute atomic E-state index is 13.0. The smallest absolute Gasteiger partial charge is 0.373 e. The fourth-order valence-corrected chi connectivity index (χ4v) is 4.98. The van der Waals surface area contributed by atoms with Crippen molar-refractivity contribution in [3.8, 4) is 5.75 Å². The van der Waals surface area contributed by atoms with Gasteiger partial charge >= 0.3 is 6.15 Å². The SMILES string of the molecule is Cc1ccc(OCC(=O)N2CCN(S(=O)(=O)c3ccc4ccccc4c3)CC2)cc1.O=C=O. The zero-order valence-corrected chi connectivity index (χ0v) is 19.0. The van der Waals surface area contributed by atoms with Gasteiger partial charge in [0.05, 0.1) is 4.90 Å². The summed E-state index contributed by atoms with van der Waals surface area (Å²) in [5, 5.41) is 1.89. The van der Waals surface area contributed by atoms with E-state index in [0.717, 1.165) is 16.3 Å². The molecular weight excluding hydrogens is 444 g/mol. The third kappa shape index (κ3) is 6.04. The van der Waals surface area contributed by atoms with Crippen molar-refractivity contribution < 1.29 is 27.5 Å². The number of benzene rings is 3. The molecule has 3 aromatic rings. The number of piperazine rings is 1. The molecule has 8 nitrogen and oxygen atoms in total. The normalized spacial score (nSPS) is 14.2. The van der Waals surface area contributed by atoms with E-state index in [0.29, 0.717) is 18.8 Å². The van der Waals surface area contributed by atoms with Crippen LogP contribution < -0.4 is 4.74 Å². The Morgan fingerprint density at radius 2 is 1.52 bits per heavy atom. The van der Waals surface area contributed by atoms with E-state index in [4.69, 9.17) is 14.3 Å². The largest absolute Gasteiger partial charge is 0.484 e. The van der Waals surface area contributed by atoms with Crippen LogP contribution in [0.15, 0.2) is 71.6 Å². The minimum absolute atomic E-state index is 0.0551. The molecule has 0 saturated carbocycles. The molecule has 172 valence electrons. The van der Waals surface area contributed by atoms with Gasteiger partial charge in [-0.25, -0.2) is 8.42 Å². The zero-order valence-electron chi connectivity index (χ0n) is 18.1. The van der Waals surface area contributed by atoms with Crippen molar-refractivity contribution >= 4 is 32.9 Å². The van der Waals surface area contributed by atoms with Crippen LogP contribution in [-0.4, -0.2) is 62.5 Å². The highest BCUT2D eigenvalue weighted by atomic mass is 32.2. The van der Waals surface area contributed by atoms with Gasteiger partial charge in [0.1, 0.15) is 5.75 Å². The van der Waals surface area contributed by atoms with Crippen molar-refractivity contribution in [2.75, 3.05) is 32.8 Å². The number of nitrogens with zero attached hydrogens (tertiary/aromatic N) is 2. The van der Waals surface area contributed by atoms with E-state index in [1.165, 1.54) is 4.31 Å². The van der Waals surface area contributed by atoms with Gasteiger partial charge in [-0.05, 0) is 42.0 Å². The van der Waals surface area contributed by atoms with Crippen LogP contribution in [0.3, 0.4) is 0 Å². The summed E-state index contributed by atoms with van der Waals surface area (Å²) < 4.78 is 33.1. The second-order valence-corrected chi connectivity index (χ2v) is 9.42. The number of ether oxygens (including phenoxy) is 1. The molecular formula is C24H24N2O6S. The van der Waals surface area contributed by atoms with E-state index in [1.54, 1.807) is 17.0 Å². The molecule has 0 aliphatic carbocycles. The molecule has 0 aromatic heterocycles. The molecule has 1 aliphatic rings. The number of carbonyl (C=O) groups excluding carboxylic acids is 3. The number of sulfonamides is 1. The zero-order chi connectivity index (χ0) is 23.8. The molecule has 9 heteroatoms. The van der Waals surface area contributed by atoms with Gasteiger partial charge < -0.3 is 9.64 Å². The first kappa shape index (κ1) is 24.1. The predicted octanol–water partition coefficient (Wildman–Crippen LogP) is 2.48. The molecule has 0 N–H and O–H groups in total. The summed E-state index contributed by atoms with van der Waals surface area (Å²) in [6, 6.07) is 20.4. The van der Waals surface area contributed by atoms with Crippen LogP contribution in [-0.2, 0) is 24.4 Å². The number of amides is 1. The van der Waals surface area contributed by atoms with E-state index >= 15 is 0 Å². The molecule has 0 radical (unpaired) electrons. The highest BCUT2D eigenvalue weighted by Crippen LogP contribution is 2.23. The van der Waals surface area contributed by atoms with Crippen LogP contribution in [0.25, 0.3) is 10.8 Å². The number of fused-ring (bicyclic) bond motifs is 1. The van der Waals surface area contributed by atoms with Crippen molar-refractivity contribution in [1.82, 2.24) is 9.21 Å². The minimum Gasteiger partial charge on any atom is -0.484 e. The molecule has 1 saturated heterocycles. The number of carbonyl (C=O) groups is 1. The summed E-state index contributed by atoms with van der Waals surface area (Å²) >= 11 is 0. The maximum Gasteiger partial charge on any atom is 0.373 e. The number of rotatable bonds is 5. The second-order valence-electron chi connectivity index (χ2n) is 7.48. The summed E-state index contributed by atoms with van der Waals surface area (Å²) in [7, 11) is -3.60. The molecule has 0 bridgehead atoms. The molecule has 4 rings (SSSR count). The summed E-state index contributed by atoms with van der Waals surface area (Å²) in [5.74, 6) is 0.504. The Morgan fingerprint density at radius 3 is 2.15 bits per heavy atom. The van der Waals surface area contributed by atoms with Crippen LogP contribution in [0.5, 0.6) is 5.75 Å². The third-order valence-corrected chi connectivity index (χ3v) is 7.23. The van der Waals surface area contributed by atoms with Gasteiger partial charge in [-0.3, -0.25) is 4.79 Å². The Bertz CT molecular complexity index is 1240. The molecule has 3 aromatic carbocycles. The third-order valence-electron chi connectivity index (χ3n) is 5.33. The van der Waals surface area contributed by atoms with Gasteiger partial charge in [0.2, 0.25) is 10.0 Å². The van der Waals surface area contributed by atoms with Crippen molar-refractivity contribution in [2.45, 2.75) is 11.8 Å². The second kappa shape index (κ2) is 10.9. The average molecular weight is 469 g/mol. The fourth-order valence-electron chi connectivity index (χ4n) is 3.53. The molecule has 1 aliphatic heterocycles. The maximum atomic E-state index is 13.0. The molecule has 0 atom stereocenters. The van der Waals surface area contributed by atoms with Crippen molar-refractivity contribution in [3.63, 3.8) is 0 Å². The lowest BCUT2D eigenvalue weighted by atomic mass is 10.1. The summed E-state index contributed by atoms with van der Waals surface area (Å²) in [5.41, 5.74) is 1.12. The lowest BCUT2D eigenvalue weighted by Gasteiger charge is -2.34. The molecule has 1 heterocycles. The molecule has 1 fully saturated rings. The van der Waals surface area contributed by atoms with E-state index in [1.807, 2.05) is 61.5 Å². The number of hydrogen-bond donors (Lipinski definition) is 0. The predicted molar refractivity (Wildman–Crippen MR) is 121 cm³/mol. The molecule has 1 amide bonds. The summed E-state index contributed by atoms with van der Waals surface area (Å²) in [6.45, 7) is 3.17. The van der Waals surface area contributed by atoms with Crippen LogP contribution in [0.4, 0.5) is 0 Å². The number of hydrogen-bond acceptors (Lipinski definition) is 6. The Balaban J connectivity index is 0.000000968. The van der Waals surface area contributed by atoms with Crippen LogP contribution >= 0.6 is 0 Å². The van der Waals surface area contributed by atoms with E-state index in [-0.39, 0.29) is 36.7 Å². The summed E-state index contributed by atoms with van der Waals surface area (Å²) in [4.78, 5) is 30.6. The lowest BCUT2D eigenvalue weighted by Crippen LogP contribution is -2.51. The minimum atomic E-state index is -3.60. The van der Waals surface area contributed by atoms with Crippen LogP contribution in [0.1, 0.15) is 5.56 Å². The van der Waals surface area contributed by atoms with E-state index in [9.17, 15) is 13.2 Å². The van der Waals surface area contributed by atoms with Gasteiger partial charge in [0, 0.05) is 26.2 Å². The molecule has 0 unspecified atom stereocenters. The topological polar surface area (TPSA) is 101 Å². The first-order valence-corrected chi connectivity index (χ1v) is 11.7. The molecule has 0 spiro atoms. The number of aryl methyl sites for hydroxylation is 1. The summed E-state index contributed by atoms with van der Waals surface area (Å²) in [6.07, 6.45) is 0.250. The Kier molecular flexibility index (Phi) is 7.95. The Morgan fingerprint density at radius 1 is 0.909 bits per heavy atom. The van der Waals surface area contributed by atoms with Gasteiger partial charge in [-0.1, -0.05) is 48.0 Å². The average Bonchev–Trinajstić information content (AvgIpc) is 2.84. The van der Waals surface area contributed by atoms with Crippen molar-refractivity contribution in [1.29, 1.82) is 0 Å². The monoisotopic (exact) mass is 468 g/mol. The fraction of sp³-hybridized carbons (Fsp3) is 0.250. The highest BCUT2D eigenvalue weighted by molar-refractivity contribution is 7.89. The highest BCUT2D eigenvalue weighted by Gasteiger charge is 2.30. The quantitative estimate of drug-likeness (QED) is 0.570. The Labute approximate surface area is 192 Å². The van der Waals surface area contributed by atoms with E-state index < -0.39 is 10.0 Å². The standard InChI is InChI=1S/C23H24N2O4S.CO2/c1-18-6-9-21(10-7-18)29-17-23(26)24-12-14-25(15-13-24)30(27,28)22-11-8-19-4-2-3-5-20(19)16-22;2-1-3/h2-11,16H,12-15,17H2,1H3;. The Hall–Kier alpha value is -3.52. The van der Waals surface area contributed by atoms with Crippen molar-refractivity contribution in [3.05, 3.63) is 72.3 Å².